The van der Waals surface area contributed by atoms with Crippen LogP contribution in [0.3, 0.4) is 0 Å². The molecule has 16 heavy (non-hydrogen) atoms. The third kappa shape index (κ3) is 3.40. The topological polar surface area (TPSA) is 26.0 Å². The molecule has 0 bridgehead atoms. The van der Waals surface area contributed by atoms with E-state index in [9.17, 15) is 0 Å². The maximum absolute atomic E-state index is 6.16. The molecule has 1 saturated carbocycles. The third-order valence-electron chi connectivity index (χ3n) is 4.44. The molecule has 0 aromatic heterocycles. The predicted octanol–water partition coefficient (Wildman–Crippen LogP) is 3.73. The predicted molar refractivity (Wildman–Crippen MR) is 75.9 cm³/mol. The van der Waals surface area contributed by atoms with Crippen molar-refractivity contribution in [3.8, 4) is 0 Å². The van der Waals surface area contributed by atoms with Crippen LogP contribution < -0.4 is 5.73 Å². The average Bonchev–Trinajstić information content (AvgIpc) is 2.22. The van der Waals surface area contributed by atoms with Crippen LogP contribution in [0.15, 0.2) is 0 Å². The van der Waals surface area contributed by atoms with Crippen molar-refractivity contribution >= 4 is 12.6 Å². The van der Waals surface area contributed by atoms with Gasteiger partial charge in [0.15, 0.2) is 0 Å². The molecular formula is C14H29NS. The molecule has 2 heteroatoms. The zero-order valence-corrected chi connectivity index (χ0v) is 12.2. The molecule has 2 N–H and O–H groups in total. The number of hydrogen-bond acceptors (Lipinski definition) is 2. The van der Waals surface area contributed by atoms with Gasteiger partial charge in [0.05, 0.1) is 0 Å². The third-order valence-corrected chi connectivity index (χ3v) is 5.54. The molecule has 0 spiro atoms. The van der Waals surface area contributed by atoms with Crippen LogP contribution in [-0.2, 0) is 0 Å². The molecule has 0 aromatic rings. The van der Waals surface area contributed by atoms with Gasteiger partial charge in [-0.3, -0.25) is 0 Å². The van der Waals surface area contributed by atoms with E-state index in [1.807, 2.05) is 0 Å². The summed E-state index contributed by atoms with van der Waals surface area (Å²) in [5.74, 6) is 3.07. The van der Waals surface area contributed by atoms with Gasteiger partial charge in [0.2, 0.25) is 0 Å². The second-order valence-corrected chi connectivity index (χ2v) is 6.62. The summed E-state index contributed by atoms with van der Waals surface area (Å²) < 4.78 is 0. The molecular weight excluding hydrogens is 214 g/mol. The van der Waals surface area contributed by atoms with Gasteiger partial charge < -0.3 is 5.73 Å². The summed E-state index contributed by atoms with van der Waals surface area (Å²) in [4.78, 5) is 0. The van der Waals surface area contributed by atoms with Gasteiger partial charge in [-0.2, -0.15) is 12.6 Å². The van der Waals surface area contributed by atoms with Crippen LogP contribution in [0.2, 0.25) is 0 Å². The molecule has 1 rings (SSSR count). The molecule has 1 aliphatic rings. The Bertz CT molecular complexity index is 205. The van der Waals surface area contributed by atoms with E-state index in [-0.39, 0.29) is 0 Å². The highest BCUT2D eigenvalue weighted by Gasteiger charge is 2.36. The SMILES string of the molecule is CCC(N)C1CCC1CC(C)C(S)C(C)C. The van der Waals surface area contributed by atoms with Crippen LogP contribution in [0.4, 0.5) is 0 Å². The Morgan fingerprint density at radius 3 is 2.25 bits per heavy atom. The van der Waals surface area contributed by atoms with E-state index in [0.29, 0.717) is 17.2 Å². The van der Waals surface area contributed by atoms with Gasteiger partial charge in [0.1, 0.15) is 0 Å². The molecule has 0 saturated heterocycles. The van der Waals surface area contributed by atoms with Gasteiger partial charge >= 0.3 is 0 Å². The Morgan fingerprint density at radius 2 is 1.88 bits per heavy atom. The van der Waals surface area contributed by atoms with Gasteiger partial charge in [0, 0.05) is 11.3 Å². The number of rotatable bonds is 6. The van der Waals surface area contributed by atoms with Crippen molar-refractivity contribution in [1.82, 2.24) is 0 Å². The average molecular weight is 243 g/mol. The standard InChI is InChI=1S/C14H29NS/c1-5-13(15)12-7-6-11(12)8-10(4)14(16)9(2)3/h9-14,16H,5-8,15H2,1-4H3. The van der Waals surface area contributed by atoms with Crippen molar-refractivity contribution in [2.24, 2.45) is 29.4 Å². The highest BCUT2D eigenvalue weighted by Crippen LogP contribution is 2.42. The van der Waals surface area contributed by atoms with Crippen LogP contribution in [-0.4, -0.2) is 11.3 Å². The van der Waals surface area contributed by atoms with Crippen molar-refractivity contribution < 1.29 is 0 Å². The largest absolute Gasteiger partial charge is 0.327 e. The first-order chi connectivity index (χ1) is 7.47. The Morgan fingerprint density at radius 1 is 1.25 bits per heavy atom. The number of hydrogen-bond donors (Lipinski definition) is 2. The van der Waals surface area contributed by atoms with E-state index in [2.05, 4.69) is 27.7 Å². The van der Waals surface area contributed by atoms with Crippen LogP contribution in [0.5, 0.6) is 0 Å². The quantitative estimate of drug-likeness (QED) is 0.683. The molecule has 0 aliphatic heterocycles. The van der Waals surface area contributed by atoms with Crippen molar-refractivity contribution in [2.75, 3.05) is 0 Å². The van der Waals surface area contributed by atoms with Crippen LogP contribution in [0.25, 0.3) is 0 Å². The van der Waals surface area contributed by atoms with Crippen LogP contribution in [0, 0.1) is 23.7 Å². The molecule has 0 heterocycles. The molecule has 1 aliphatic carbocycles. The minimum Gasteiger partial charge on any atom is -0.327 e. The first-order valence-electron chi connectivity index (χ1n) is 6.91. The van der Waals surface area contributed by atoms with Crippen molar-refractivity contribution in [3.63, 3.8) is 0 Å². The summed E-state index contributed by atoms with van der Waals surface area (Å²) in [5, 5.41) is 0.541. The lowest BCUT2D eigenvalue weighted by Crippen LogP contribution is -2.42. The highest BCUT2D eigenvalue weighted by atomic mass is 32.1. The van der Waals surface area contributed by atoms with Gasteiger partial charge in [-0.25, -0.2) is 0 Å². The molecule has 5 atom stereocenters. The molecule has 1 fully saturated rings. The van der Waals surface area contributed by atoms with E-state index in [0.717, 1.165) is 24.2 Å². The fourth-order valence-corrected chi connectivity index (χ4v) is 3.15. The number of nitrogens with two attached hydrogens (primary N) is 1. The van der Waals surface area contributed by atoms with E-state index >= 15 is 0 Å². The second kappa shape index (κ2) is 6.30. The van der Waals surface area contributed by atoms with Crippen molar-refractivity contribution in [2.45, 2.75) is 64.7 Å². The fraction of sp³-hybridized carbons (Fsp3) is 1.00. The summed E-state index contributed by atoms with van der Waals surface area (Å²) in [6, 6.07) is 0.434. The smallest absolute Gasteiger partial charge is 0.00671 e. The normalized spacial score (nSPS) is 30.9. The highest BCUT2D eigenvalue weighted by molar-refractivity contribution is 7.81. The Kier molecular flexibility index (Phi) is 5.66. The van der Waals surface area contributed by atoms with Gasteiger partial charge in [-0.1, -0.05) is 27.7 Å². The zero-order valence-electron chi connectivity index (χ0n) is 11.3. The maximum Gasteiger partial charge on any atom is 0.00671 e. The minimum atomic E-state index is 0.434. The second-order valence-electron chi connectivity index (χ2n) is 6.02. The van der Waals surface area contributed by atoms with Crippen LogP contribution in [0.1, 0.15) is 53.4 Å². The summed E-state index contributed by atoms with van der Waals surface area (Å²) in [6.45, 7) is 9.10. The fourth-order valence-electron chi connectivity index (χ4n) is 3.03. The number of thiol groups is 1. The van der Waals surface area contributed by atoms with E-state index in [4.69, 9.17) is 18.4 Å². The molecule has 0 aromatic carbocycles. The van der Waals surface area contributed by atoms with E-state index in [1.54, 1.807) is 0 Å². The Balaban J connectivity index is 2.37. The van der Waals surface area contributed by atoms with Gasteiger partial charge in [0.25, 0.3) is 0 Å². The lowest BCUT2D eigenvalue weighted by Gasteiger charge is -2.42. The Labute approximate surface area is 107 Å². The summed E-state index contributed by atoms with van der Waals surface area (Å²) in [5.41, 5.74) is 6.16. The molecule has 0 amide bonds. The van der Waals surface area contributed by atoms with Gasteiger partial charge in [-0.05, 0) is 49.4 Å². The van der Waals surface area contributed by atoms with Crippen molar-refractivity contribution in [3.05, 3.63) is 0 Å². The molecule has 0 radical (unpaired) electrons. The van der Waals surface area contributed by atoms with Crippen LogP contribution >= 0.6 is 12.6 Å². The maximum atomic E-state index is 6.16. The zero-order chi connectivity index (χ0) is 12.3. The lowest BCUT2D eigenvalue weighted by atomic mass is 9.65. The molecule has 1 nitrogen and oxygen atoms in total. The molecule has 5 unspecified atom stereocenters. The molecule has 96 valence electrons. The monoisotopic (exact) mass is 243 g/mol. The summed E-state index contributed by atoms with van der Waals surface area (Å²) in [6.07, 6.45) is 5.20. The summed E-state index contributed by atoms with van der Waals surface area (Å²) >= 11 is 4.73. The van der Waals surface area contributed by atoms with Crippen molar-refractivity contribution in [1.29, 1.82) is 0 Å². The first kappa shape index (κ1) is 14.4. The van der Waals surface area contributed by atoms with Gasteiger partial charge in [-0.15, -0.1) is 0 Å². The Hall–Kier alpha value is 0.310. The summed E-state index contributed by atoms with van der Waals surface area (Å²) in [7, 11) is 0. The van der Waals surface area contributed by atoms with E-state index < -0.39 is 0 Å². The van der Waals surface area contributed by atoms with E-state index in [1.165, 1.54) is 19.3 Å². The first-order valence-corrected chi connectivity index (χ1v) is 7.42. The minimum absolute atomic E-state index is 0.434. The lowest BCUT2D eigenvalue weighted by molar-refractivity contribution is 0.111.